The zero-order valence-corrected chi connectivity index (χ0v) is 10.3. The van der Waals surface area contributed by atoms with E-state index in [1.165, 1.54) is 0 Å². The summed E-state index contributed by atoms with van der Waals surface area (Å²) in [6.07, 6.45) is 3.35. The first-order chi connectivity index (χ1) is 7.67. The minimum Gasteiger partial charge on any atom is -0.359 e. The molecule has 4 heteroatoms. The zero-order valence-electron chi connectivity index (χ0n) is 10.3. The lowest BCUT2D eigenvalue weighted by Gasteiger charge is -2.30. The van der Waals surface area contributed by atoms with Crippen molar-refractivity contribution >= 4 is 11.7 Å². The van der Waals surface area contributed by atoms with Crippen LogP contribution in [0, 0.1) is 5.92 Å². The number of hydrogen-bond acceptors (Lipinski definition) is 3. The Hall–Kier alpha value is -0.900. The maximum absolute atomic E-state index is 11.5. The molecule has 0 spiro atoms. The van der Waals surface area contributed by atoms with Gasteiger partial charge in [-0.15, -0.1) is 0 Å². The summed E-state index contributed by atoms with van der Waals surface area (Å²) in [6.45, 7) is 4.32. The lowest BCUT2D eigenvalue weighted by molar-refractivity contribution is -0.126. The maximum atomic E-state index is 11.5. The first-order valence-electron chi connectivity index (χ1n) is 6.13. The summed E-state index contributed by atoms with van der Waals surface area (Å²) in [5.41, 5.74) is 0. The van der Waals surface area contributed by atoms with Crippen LogP contribution >= 0.6 is 0 Å². The first-order valence-corrected chi connectivity index (χ1v) is 6.13. The number of piperidine rings is 1. The molecule has 1 aliphatic rings. The van der Waals surface area contributed by atoms with Gasteiger partial charge in [-0.3, -0.25) is 14.5 Å². The van der Waals surface area contributed by atoms with Crippen molar-refractivity contribution in [1.29, 1.82) is 0 Å². The van der Waals surface area contributed by atoms with E-state index in [0.717, 1.165) is 32.4 Å². The van der Waals surface area contributed by atoms with Crippen molar-refractivity contribution in [3.8, 4) is 0 Å². The molecule has 1 heterocycles. The number of ketones is 1. The highest BCUT2D eigenvalue weighted by atomic mass is 16.1. The van der Waals surface area contributed by atoms with Crippen molar-refractivity contribution in [1.82, 2.24) is 10.2 Å². The summed E-state index contributed by atoms with van der Waals surface area (Å²) in [4.78, 5) is 25.0. The Bertz CT molecular complexity index is 245. The molecule has 92 valence electrons. The van der Waals surface area contributed by atoms with E-state index in [0.29, 0.717) is 18.7 Å². The molecule has 0 radical (unpaired) electrons. The second-order valence-electron chi connectivity index (χ2n) is 4.45. The second kappa shape index (κ2) is 6.63. The summed E-state index contributed by atoms with van der Waals surface area (Å²) < 4.78 is 0. The average Bonchev–Trinajstić information content (AvgIpc) is 2.29. The van der Waals surface area contributed by atoms with Crippen molar-refractivity contribution in [3.63, 3.8) is 0 Å². The summed E-state index contributed by atoms with van der Waals surface area (Å²) in [7, 11) is 1.68. The van der Waals surface area contributed by atoms with E-state index in [4.69, 9.17) is 0 Å². The van der Waals surface area contributed by atoms with Crippen LogP contribution in [-0.4, -0.2) is 43.3 Å². The van der Waals surface area contributed by atoms with Gasteiger partial charge in [0.05, 0.1) is 6.54 Å². The topological polar surface area (TPSA) is 49.4 Å². The Balaban J connectivity index is 2.26. The van der Waals surface area contributed by atoms with Crippen molar-refractivity contribution in [2.24, 2.45) is 5.92 Å². The third kappa shape index (κ3) is 3.93. The van der Waals surface area contributed by atoms with Crippen LogP contribution in [0.4, 0.5) is 0 Å². The van der Waals surface area contributed by atoms with E-state index >= 15 is 0 Å². The first kappa shape index (κ1) is 13.2. The molecule has 1 rings (SSSR count). The number of rotatable bonds is 5. The second-order valence-corrected chi connectivity index (χ2v) is 4.45. The predicted molar refractivity (Wildman–Crippen MR) is 63.1 cm³/mol. The Morgan fingerprint density at radius 1 is 1.31 bits per heavy atom. The SMILES string of the molecule is CCCC(=O)CN1CCC(C(=O)NC)CC1. The number of hydrogen-bond donors (Lipinski definition) is 1. The van der Waals surface area contributed by atoms with Gasteiger partial charge in [0.2, 0.25) is 5.91 Å². The average molecular weight is 226 g/mol. The van der Waals surface area contributed by atoms with Gasteiger partial charge in [-0.1, -0.05) is 6.92 Å². The standard InChI is InChI=1S/C12H22N2O2/c1-3-4-11(15)9-14-7-5-10(6-8-14)12(16)13-2/h10H,3-9H2,1-2H3,(H,13,16). The van der Waals surface area contributed by atoms with Gasteiger partial charge < -0.3 is 5.32 Å². The van der Waals surface area contributed by atoms with E-state index < -0.39 is 0 Å². The zero-order chi connectivity index (χ0) is 12.0. The van der Waals surface area contributed by atoms with E-state index in [1.54, 1.807) is 7.05 Å². The van der Waals surface area contributed by atoms with Gasteiger partial charge >= 0.3 is 0 Å². The largest absolute Gasteiger partial charge is 0.359 e. The maximum Gasteiger partial charge on any atom is 0.222 e. The molecule has 0 aromatic heterocycles. The molecule has 1 aliphatic heterocycles. The fraction of sp³-hybridized carbons (Fsp3) is 0.833. The number of nitrogens with zero attached hydrogens (tertiary/aromatic N) is 1. The highest BCUT2D eigenvalue weighted by Crippen LogP contribution is 2.17. The van der Waals surface area contributed by atoms with Gasteiger partial charge in [-0.05, 0) is 32.4 Å². The summed E-state index contributed by atoms with van der Waals surface area (Å²) in [5, 5.41) is 2.69. The molecule has 0 atom stereocenters. The molecule has 1 saturated heterocycles. The summed E-state index contributed by atoms with van der Waals surface area (Å²) >= 11 is 0. The molecule has 0 aromatic rings. The Morgan fingerprint density at radius 2 is 1.94 bits per heavy atom. The molecule has 1 fully saturated rings. The Morgan fingerprint density at radius 3 is 2.44 bits per heavy atom. The number of nitrogens with one attached hydrogen (secondary N) is 1. The molecule has 0 saturated carbocycles. The van der Waals surface area contributed by atoms with Crippen LogP contribution in [0.25, 0.3) is 0 Å². The molecule has 0 aromatic carbocycles. The minimum absolute atomic E-state index is 0.138. The van der Waals surface area contributed by atoms with Gasteiger partial charge in [0.1, 0.15) is 5.78 Å². The molecule has 0 aliphatic carbocycles. The van der Waals surface area contributed by atoms with E-state index in [2.05, 4.69) is 10.2 Å². The monoisotopic (exact) mass is 226 g/mol. The lowest BCUT2D eigenvalue weighted by atomic mass is 9.96. The van der Waals surface area contributed by atoms with Crippen molar-refractivity contribution in [3.05, 3.63) is 0 Å². The highest BCUT2D eigenvalue weighted by molar-refractivity contribution is 5.80. The van der Waals surface area contributed by atoms with Gasteiger partial charge in [-0.2, -0.15) is 0 Å². The molecular weight excluding hydrogens is 204 g/mol. The van der Waals surface area contributed by atoms with Crippen LogP contribution in [0.2, 0.25) is 0 Å². The molecule has 0 bridgehead atoms. The van der Waals surface area contributed by atoms with Crippen LogP contribution in [0.1, 0.15) is 32.6 Å². The molecule has 16 heavy (non-hydrogen) atoms. The van der Waals surface area contributed by atoms with Crippen LogP contribution in [0.5, 0.6) is 0 Å². The summed E-state index contributed by atoms with van der Waals surface area (Å²) in [5.74, 6) is 0.600. The minimum atomic E-state index is 0.138. The third-order valence-corrected chi connectivity index (χ3v) is 3.13. The van der Waals surface area contributed by atoms with E-state index in [-0.39, 0.29) is 11.8 Å². The quantitative estimate of drug-likeness (QED) is 0.755. The number of amides is 1. The lowest BCUT2D eigenvalue weighted by Crippen LogP contribution is -2.41. The van der Waals surface area contributed by atoms with Crippen molar-refractivity contribution < 1.29 is 9.59 Å². The summed E-state index contributed by atoms with van der Waals surface area (Å²) in [6, 6.07) is 0. The number of Topliss-reactive ketones (excluding diaryl/α,β-unsaturated/α-hetero) is 1. The van der Waals surface area contributed by atoms with Crippen LogP contribution in [0.3, 0.4) is 0 Å². The van der Waals surface area contributed by atoms with Gasteiger partial charge in [0.15, 0.2) is 0 Å². The molecule has 4 nitrogen and oxygen atoms in total. The number of carbonyl (C=O) groups is 2. The Labute approximate surface area is 97.4 Å². The van der Waals surface area contributed by atoms with Gasteiger partial charge in [0, 0.05) is 19.4 Å². The van der Waals surface area contributed by atoms with Crippen molar-refractivity contribution in [2.45, 2.75) is 32.6 Å². The number of likely N-dealkylation sites (tertiary alicyclic amines) is 1. The van der Waals surface area contributed by atoms with Gasteiger partial charge in [-0.25, -0.2) is 0 Å². The van der Waals surface area contributed by atoms with Crippen molar-refractivity contribution in [2.75, 3.05) is 26.7 Å². The smallest absolute Gasteiger partial charge is 0.222 e. The fourth-order valence-electron chi connectivity index (χ4n) is 2.16. The van der Waals surface area contributed by atoms with E-state index in [1.807, 2.05) is 6.92 Å². The molecular formula is C12H22N2O2. The van der Waals surface area contributed by atoms with Crippen LogP contribution < -0.4 is 5.32 Å². The van der Waals surface area contributed by atoms with Crippen LogP contribution in [-0.2, 0) is 9.59 Å². The van der Waals surface area contributed by atoms with Crippen LogP contribution in [0.15, 0.2) is 0 Å². The fourth-order valence-corrected chi connectivity index (χ4v) is 2.16. The third-order valence-electron chi connectivity index (χ3n) is 3.13. The number of carbonyl (C=O) groups excluding carboxylic acids is 2. The Kier molecular flexibility index (Phi) is 5.46. The highest BCUT2D eigenvalue weighted by Gasteiger charge is 2.24. The molecule has 1 N–H and O–H groups in total. The predicted octanol–water partition coefficient (Wildman–Crippen LogP) is 0.814. The molecule has 1 amide bonds. The van der Waals surface area contributed by atoms with Gasteiger partial charge in [0.25, 0.3) is 0 Å². The molecule has 0 unspecified atom stereocenters. The normalized spacial score (nSPS) is 18.4. The van der Waals surface area contributed by atoms with E-state index in [9.17, 15) is 9.59 Å².